The van der Waals surface area contributed by atoms with Gasteiger partial charge >= 0.3 is 12.1 Å². The van der Waals surface area contributed by atoms with Crippen LogP contribution in [0.25, 0.3) is 0 Å². The number of benzene rings is 1. The number of likely N-dealkylation sites (tertiary alicyclic amines) is 1. The number of hydrogen-bond donors (Lipinski definition) is 0. The maximum Gasteiger partial charge on any atom is 0.410 e. The van der Waals surface area contributed by atoms with Gasteiger partial charge in [0.25, 0.3) is 0 Å². The van der Waals surface area contributed by atoms with E-state index in [-0.39, 0.29) is 31.2 Å². The molecule has 2 bridgehead atoms. The number of esters is 1. The molecule has 2 aliphatic heterocycles. The summed E-state index contributed by atoms with van der Waals surface area (Å²) in [6, 6.07) is 8.60. The van der Waals surface area contributed by atoms with Gasteiger partial charge in [-0.05, 0) is 39.2 Å². The van der Waals surface area contributed by atoms with Crippen molar-refractivity contribution in [3.63, 3.8) is 0 Å². The molecule has 7 nitrogen and oxygen atoms in total. The molecule has 2 saturated heterocycles. The molecule has 0 aromatic heterocycles. The van der Waals surface area contributed by atoms with Crippen molar-refractivity contribution in [2.24, 2.45) is 0 Å². The van der Waals surface area contributed by atoms with Crippen LogP contribution in [0.1, 0.15) is 39.2 Å². The number of fused-ring (bicyclic) bond motifs is 2. The second-order valence-electron chi connectivity index (χ2n) is 8.39. The first-order valence-electron chi connectivity index (χ1n) is 9.68. The van der Waals surface area contributed by atoms with E-state index in [9.17, 15) is 14.4 Å². The molecule has 1 aromatic carbocycles. The molecule has 0 N–H and O–H groups in total. The summed E-state index contributed by atoms with van der Waals surface area (Å²) < 4.78 is 10.9. The third-order valence-corrected chi connectivity index (χ3v) is 5.13. The first-order chi connectivity index (χ1) is 13.3. The number of carbonyl (C=O) groups is 3. The first kappa shape index (κ1) is 20.3. The van der Waals surface area contributed by atoms with E-state index in [1.165, 1.54) is 0 Å². The number of rotatable bonds is 5. The fourth-order valence-electron chi connectivity index (χ4n) is 3.96. The van der Waals surface area contributed by atoms with Crippen LogP contribution in [0.4, 0.5) is 4.79 Å². The molecule has 152 valence electrons. The maximum atomic E-state index is 12.6. The molecule has 28 heavy (non-hydrogen) atoms. The standard InChI is InChI=1S/C21H28N2O5/c1-21(2,3)28-20(26)23-16-9-10-17(23)18(13-24)22(11-16)12-19(25)27-14-15-7-5-4-6-8-15/h4-8,13,16-18H,9-12,14H2,1-3H3/t16-,17+,18+/m1/s1. The van der Waals surface area contributed by atoms with Crippen LogP contribution in [0.15, 0.2) is 30.3 Å². The minimum Gasteiger partial charge on any atom is -0.460 e. The lowest BCUT2D eigenvalue weighted by molar-refractivity contribution is -0.148. The van der Waals surface area contributed by atoms with Crippen molar-refractivity contribution in [2.45, 2.75) is 63.9 Å². The molecule has 2 fully saturated rings. The molecule has 0 aliphatic carbocycles. The summed E-state index contributed by atoms with van der Waals surface area (Å²) in [5, 5.41) is 0. The van der Waals surface area contributed by atoms with E-state index >= 15 is 0 Å². The van der Waals surface area contributed by atoms with Crippen LogP contribution in [0.2, 0.25) is 0 Å². The molecule has 1 amide bonds. The molecule has 1 aromatic rings. The largest absolute Gasteiger partial charge is 0.460 e. The number of carbonyl (C=O) groups excluding carboxylic acids is 3. The fraction of sp³-hybridized carbons (Fsp3) is 0.571. The molecule has 0 unspecified atom stereocenters. The minimum absolute atomic E-state index is 0.0331. The van der Waals surface area contributed by atoms with Gasteiger partial charge in [0.1, 0.15) is 18.5 Å². The second-order valence-corrected chi connectivity index (χ2v) is 8.39. The van der Waals surface area contributed by atoms with Gasteiger partial charge in [0, 0.05) is 12.6 Å². The molecule has 0 radical (unpaired) electrons. The molecule has 2 aliphatic rings. The van der Waals surface area contributed by atoms with Crippen LogP contribution in [-0.2, 0) is 25.7 Å². The van der Waals surface area contributed by atoms with Crippen LogP contribution in [0.5, 0.6) is 0 Å². The van der Waals surface area contributed by atoms with Crippen LogP contribution in [0.3, 0.4) is 0 Å². The van der Waals surface area contributed by atoms with Crippen molar-refractivity contribution in [2.75, 3.05) is 13.1 Å². The second kappa shape index (κ2) is 8.31. The van der Waals surface area contributed by atoms with Crippen LogP contribution in [0, 0.1) is 0 Å². The zero-order valence-electron chi connectivity index (χ0n) is 16.7. The molecule has 7 heteroatoms. The maximum absolute atomic E-state index is 12.6. The minimum atomic E-state index is -0.592. The van der Waals surface area contributed by atoms with Gasteiger partial charge in [-0.25, -0.2) is 4.79 Å². The summed E-state index contributed by atoms with van der Waals surface area (Å²) in [5.41, 5.74) is 0.323. The van der Waals surface area contributed by atoms with Gasteiger partial charge in [-0.1, -0.05) is 30.3 Å². The monoisotopic (exact) mass is 388 g/mol. The van der Waals surface area contributed by atoms with Gasteiger partial charge < -0.3 is 14.3 Å². The predicted molar refractivity (Wildman–Crippen MR) is 103 cm³/mol. The van der Waals surface area contributed by atoms with Crippen molar-refractivity contribution in [1.29, 1.82) is 0 Å². The molecule has 0 saturated carbocycles. The van der Waals surface area contributed by atoms with E-state index in [0.29, 0.717) is 6.54 Å². The molecule has 2 heterocycles. The van der Waals surface area contributed by atoms with Gasteiger partial charge in [-0.2, -0.15) is 0 Å². The van der Waals surface area contributed by atoms with Crippen molar-refractivity contribution in [1.82, 2.24) is 9.80 Å². The third kappa shape index (κ3) is 4.70. The van der Waals surface area contributed by atoms with Gasteiger partial charge in [-0.15, -0.1) is 0 Å². The molecule has 3 rings (SSSR count). The van der Waals surface area contributed by atoms with E-state index in [0.717, 1.165) is 24.7 Å². The van der Waals surface area contributed by atoms with Crippen molar-refractivity contribution >= 4 is 18.3 Å². The number of piperazine rings is 1. The number of aldehydes is 1. The van der Waals surface area contributed by atoms with Gasteiger partial charge in [0.15, 0.2) is 0 Å². The lowest BCUT2D eigenvalue weighted by Gasteiger charge is -2.44. The number of hydrogen-bond acceptors (Lipinski definition) is 6. The summed E-state index contributed by atoms with van der Waals surface area (Å²) in [5.74, 6) is -0.374. The van der Waals surface area contributed by atoms with E-state index < -0.39 is 17.7 Å². The Kier molecular flexibility index (Phi) is 6.03. The highest BCUT2D eigenvalue weighted by atomic mass is 16.6. The average Bonchev–Trinajstić information content (AvgIpc) is 2.95. The average molecular weight is 388 g/mol. The van der Waals surface area contributed by atoms with Gasteiger partial charge in [0.05, 0.1) is 18.6 Å². The molecular formula is C21H28N2O5. The lowest BCUT2D eigenvalue weighted by atomic mass is 10.0. The van der Waals surface area contributed by atoms with Crippen molar-refractivity contribution in [3.05, 3.63) is 35.9 Å². The Bertz CT molecular complexity index is 715. The SMILES string of the molecule is CC(C)(C)OC(=O)N1[C@@H]2CC[C@H]1[C@H](C=O)N(CC(=O)OCc1ccccc1)C2. The smallest absolute Gasteiger partial charge is 0.410 e. The van der Waals surface area contributed by atoms with Gasteiger partial charge in [0.2, 0.25) is 0 Å². The topological polar surface area (TPSA) is 76.2 Å². The summed E-state index contributed by atoms with van der Waals surface area (Å²) in [6.45, 7) is 6.16. The van der Waals surface area contributed by atoms with E-state index in [1.807, 2.05) is 56.0 Å². The molecule has 0 spiro atoms. The summed E-state index contributed by atoms with van der Waals surface area (Å²) in [6.07, 6.45) is 1.96. The lowest BCUT2D eigenvalue weighted by Crippen LogP contribution is -2.63. The Morgan fingerprint density at radius 1 is 1.18 bits per heavy atom. The number of ether oxygens (including phenoxy) is 2. The summed E-state index contributed by atoms with van der Waals surface area (Å²) in [4.78, 5) is 40.2. The predicted octanol–water partition coefficient (Wildman–Crippen LogP) is 2.38. The Morgan fingerprint density at radius 2 is 1.89 bits per heavy atom. The van der Waals surface area contributed by atoms with Crippen LogP contribution < -0.4 is 0 Å². The Balaban J connectivity index is 1.61. The van der Waals surface area contributed by atoms with Crippen LogP contribution >= 0.6 is 0 Å². The van der Waals surface area contributed by atoms with Gasteiger partial charge in [-0.3, -0.25) is 14.6 Å². The first-order valence-corrected chi connectivity index (χ1v) is 9.68. The Hall–Kier alpha value is -2.41. The normalized spacial score (nSPS) is 24.7. The number of amides is 1. The van der Waals surface area contributed by atoms with Crippen LogP contribution in [-0.4, -0.2) is 65.0 Å². The van der Waals surface area contributed by atoms with Crippen molar-refractivity contribution < 1.29 is 23.9 Å². The third-order valence-electron chi connectivity index (χ3n) is 5.13. The fourth-order valence-corrected chi connectivity index (χ4v) is 3.96. The Morgan fingerprint density at radius 3 is 2.54 bits per heavy atom. The zero-order valence-corrected chi connectivity index (χ0v) is 16.7. The highest BCUT2D eigenvalue weighted by molar-refractivity contribution is 5.75. The van der Waals surface area contributed by atoms with E-state index in [4.69, 9.17) is 9.47 Å². The Labute approximate surface area is 165 Å². The highest BCUT2D eigenvalue weighted by Gasteiger charge is 2.49. The zero-order chi connectivity index (χ0) is 20.3. The van der Waals surface area contributed by atoms with E-state index in [1.54, 1.807) is 4.90 Å². The molecular weight excluding hydrogens is 360 g/mol. The number of nitrogens with zero attached hydrogens (tertiary/aromatic N) is 2. The van der Waals surface area contributed by atoms with Crippen molar-refractivity contribution in [3.8, 4) is 0 Å². The summed E-state index contributed by atoms with van der Waals surface area (Å²) in [7, 11) is 0. The molecule has 3 atom stereocenters. The quantitative estimate of drug-likeness (QED) is 0.569. The van der Waals surface area contributed by atoms with E-state index in [2.05, 4.69) is 0 Å². The summed E-state index contributed by atoms with van der Waals surface area (Å²) >= 11 is 0. The highest BCUT2D eigenvalue weighted by Crippen LogP contribution is 2.34.